The van der Waals surface area contributed by atoms with Crippen molar-refractivity contribution in [1.29, 1.82) is 0 Å². The molecule has 0 fully saturated rings. The van der Waals surface area contributed by atoms with Crippen molar-refractivity contribution in [3.8, 4) is 5.75 Å². The lowest BCUT2D eigenvalue weighted by Crippen LogP contribution is -2.15. The van der Waals surface area contributed by atoms with Gasteiger partial charge < -0.3 is 4.52 Å². The van der Waals surface area contributed by atoms with Crippen molar-refractivity contribution < 1.29 is 4.52 Å². The summed E-state index contributed by atoms with van der Waals surface area (Å²) >= 11 is 0. The van der Waals surface area contributed by atoms with Gasteiger partial charge in [-0.15, -0.1) is 0 Å². The van der Waals surface area contributed by atoms with Gasteiger partial charge in [0.05, 0.1) is 0 Å². The molecule has 0 aromatic heterocycles. The van der Waals surface area contributed by atoms with Crippen LogP contribution in [-0.4, -0.2) is 0 Å². The number of rotatable bonds is 4. The Morgan fingerprint density at radius 3 is 1.68 bits per heavy atom. The molecule has 0 atom stereocenters. The van der Waals surface area contributed by atoms with Crippen LogP contribution in [0.3, 0.4) is 0 Å². The van der Waals surface area contributed by atoms with Gasteiger partial charge in [-0.2, -0.15) is 0 Å². The molecule has 4 aromatic carbocycles. The molecular weight excluding hydrogens is 323 g/mol. The molecule has 0 unspecified atom stereocenters. The molecule has 0 heterocycles. The minimum Gasteiger partial charge on any atom is -0.464 e. The van der Waals surface area contributed by atoms with Crippen molar-refractivity contribution in [2.45, 2.75) is 6.92 Å². The molecule has 122 valence electrons. The quantitative estimate of drug-likeness (QED) is 0.440. The highest BCUT2D eigenvalue weighted by Crippen LogP contribution is 2.40. The zero-order valence-corrected chi connectivity index (χ0v) is 15.0. The first-order valence-electron chi connectivity index (χ1n) is 8.39. The number of fused-ring (bicyclic) bond motifs is 1. The molecule has 4 rings (SSSR count). The fraction of sp³-hybridized carbons (Fsp3) is 0.0435. The van der Waals surface area contributed by atoms with Crippen molar-refractivity contribution >= 4 is 29.5 Å². The lowest BCUT2D eigenvalue weighted by atomic mass is 10.1. The summed E-state index contributed by atoms with van der Waals surface area (Å²) in [5.74, 6) is 0.944. The molecule has 0 aliphatic heterocycles. The minimum absolute atomic E-state index is 0.910. The molecule has 0 spiro atoms. The van der Waals surface area contributed by atoms with E-state index in [2.05, 4.69) is 91.9 Å². The number of hydrogen-bond donors (Lipinski definition) is 0. The number of hydrogen-bond acceptors (Lipinski definition) is 1. The van der Waals surface area contributed by atoms with Crippen LogP contribution >= 0.6 is 8.15 Å². The number of aryl methyl sites for hydroxylation is 1. The van der Waals surface area contributed by atoms with Crippen molar-refractivity contribution in [2.24, 2.45) is 0 Å². The van der Waals surface area contributed by atoms with E-state index in [1.807, 2.05) is 12.1 Å². The summed E-state index contributed by atoms with van der Waals surface area (Å²) in [6.07, 6.45) is 0. The molecule has 2 heteroatoms. The van der Waals surface area contributed by atoms with Gasteiger partial charge in [0.25, 0.3) is 0 Å². The van der Waals surface area contributed by atoms with E-state index in [-0.39, 0.29) is 0 Å². The molecule has 0 bridgehead atoms. The minimum atomic E-state index is -0.910. The van der Waals surface area contributed by atoms with Crippen LogP contribution in [-0.2, 0) is 0 Å². The van der Waals surface area contributed by atoms with Crippen LogP contribution in [0.25, 0.3) is 10.8 Å². The van der Waals surface area contributed by atoms with Crippen LogP contribution in [0.2, 0.25) is 0 Å². The zero-order valence-electron chi connectivity index (χ0n) is 14.1. The average Bonchev–Trinajstić information content (AvgIpc) is 2.69. The third-order valence-electron chi connectivity index (χ3n) is 4.27. The molecular formula is C23H19OP. The Balaban J connectivity index is 1.82. The van der Waals surface area contributed by atoms with Crippen molar-refractivity contribution in [2.75, 3.05) is 0 Å². The lowest BCUT2D eigenvalue weighted by Gasteiger charge is -2.21. The van der Waals surface area contributed by atoms with Gasteiger partial charge in [-0.25, -0.2) is 0 Å². The second-order valence-electron chi connectivity index (χ2n) is 5.98. The molecule has 0 saturated carbocycles. The summed E-state index contributed by atoms with van der Waals surface area (Å²) in [5.41, 5.74) is 1.27. The second kappa shape index (κ2) is 7.09. The van der Waals surface area contributed by atoms with Crippen LogP contribution in [0.1, 0.15) is 5.56 Å². The van der Waals surface area contributed by atoms with E-state index in [1.54, 1.807) is 0 Å². The van der Waals surface area contributed by atoms with Gasteiger partial charge in [-0.1, -0.05) is 91.0 Å². The highest BCUT2D eigenvalue weighted by Gasteiger charge is 2.18. The standard InChI is InChI=1S/C23H19OP/c1-18-16-17-23(22-15-9-8-14-21(18)22)24-25(19-10-4-2-5-11-19)20-12-6-3-7-13-20/h2-17H,1H3. The summed E-state index contributed by atoms with van der Waals surface area (Å²) in [7, 11) is -0.910. The van der Waals surface area contributed by atoms with E-state index in [0.29, 0.717) is 0 Å². The second-order valence-corrected chi connectivity index (χ2v) is 7.79. The first-order chi connectivity index (χ1) is 12.3. The summed E-state index contributed by atoms with van der Waals surface area (Å²) < 4.78 is 6.62. The summed E-state index contributed by atoms with van der Waals surface area (Å²) in [6, 6.07) is 33.7. The molecule has 0 radical (unpaired) electrons. The van der Waals surface area contributed by atoms with Crippen LogP contribution in [0.15, 0.2) is 97.1 Å². The summed E-state index contributed by atoms with van der Waals surface area (Å²) in [4.78, 5) is 0. The monoisotopic (exact) mass is 342 g/mol. The Morgan fingerprint density at radius 2 is 1.08 bits per heavy atom. The van der Waals surface area contributed by atoms with Crippen LogP contribution in [0, 0.1) is 6.92 Å². The van der Waals surface area contributed by atoms with E-state index in [9.17, 15) is 0 Å². The van der Waals surface area contributed by atoms with Gasteiger partial charge in [-0.05, 0) is 23.9 Å². The molecule has 4 aromatic rings. The first kappa shape index (κ1) is 15.9. The largest absolute Gasteiger partial charge is 0.464 e. The third-order valence-corrected chi connectivity index (χ3v) is 6.19. The van der Waals surface area contributed by atoms with Gasteiger partial charge in [0.1, 0.15) is 5.75 Å². The molecule has 1 nitrogen and oxygen atoms in total. The molecule has 0 amide bonds. The zero-order chi connectivity index (χ0) is 17.1. The summed E-state index contributed by atoms with van der Waals surface area (Å²) in [6.45, 7) is 2.14. The molecule has 0 saturated heterocycles. The maximum atomic E-state index is 6.62. The van der Waals surface area contributed by atoms with Crippen LogP contribution in [0.5, 0.6) is 5.75 Å². The predicted octanol–water partition coefficient (Wildman–Crippen LogP) is 5.57. The predicted molar refractivity (Wildman–Crippen MR) is 108 cm³/mol. The van der Waals surface area contributed by atoms with E-state index >= 15 is 0 Å². The topological polar surface area (TPSA) is 9.23 Å². The van der Waals surface area contributed by atoms with Gasteiger partial charge in [0.2, 0.25) is 0 Å². The Hall–Kier alpha value is -2.63. The Kier molecular flexibility index (Phi) is 4.50. The fourth-order valence-electron chi connectivity index (χ4n) is 2.98. The van der Waals surface area contributed by atoms with Gasteiger partial charge >= 0.3 is 0 Å². The highest BCUT2D eigenvalue weighted by molar-refractivity contribution is 7.68. The average molecular weight is 342 g/mol. The Labute approximate surface area is 149 Å². The van der Waals surface area contributed by atoms with Crippen molar-refractivity contribution in [3.63, 3.8) is 0 Å². The molecule has 0 aliphatic carbocycles. The first-order valence-corrected chi connectivity index (χ1v) is 9.65. The molecule has 25 heavy (non-hydrogen) atoms. The van der Waals surface area contributed by atoms with Crippen LogP contribution < -0.4 is 15.1 Å². The smallest absolute Gasteiger partial charge is 0.150 e. The maximum absolute atomic E-state index is 6.62. The molecule has 0 aliphatic rings. The van der Waals surface area contributed by atoms with Crippen LogP contribution in [0.4, 0.5) is 0 Å². The Morgan fingerprint density at radius 1 is 0.560 bits per heavy atom. The van der Waals surface area contributed by atoms with E-state index < -0.39 is 8.15 Å². The van der Waals surface area contributed by atoms with E-state index in [0.717, 1.165) is 5.75 Å². The highest BCUT2D eigenvalue weighted by atomic mass is 31.1. The fourth-order valence-corrected chi connectivity index (χ4v) is 4.73. The molecule has 0 N–H and O–H groups in total. The van der Waals surface area contributed by atoms with Gasteiger partial charge in [-0.3, -0.25) is 0 Å². The SMILES string of the molecule is Cc1ccc(OP(c2ccccc2)c2ccccc2)c2ccccc12. The maximum Gasteiger partial charge on any atom is 0.150 e. The normalized spacial score (nSPS) is 11.0. The van der Waals surface area contributed by atoms with Gasteiger partial charge in [0, 0.05) is 16.0 Å². The summed E-state index contributed by atoms with van der Waals surface area (Å²) in [5, 5.41) is 4.85. The lowest BCUT2D eigenvalue weighted by molar-refractivity contribution is 0.637. The van der Waals surface area contributed by atoms with Gasteiger partial charge in [0.15, 0.2) is 8.15 Å². The Bertz CT molecular complexity index is 941. The van der Waals surface area contributed by atoms with E-state index in [4.69, 9.17) is 4.52 Å². The van der Waals surface area contributed by atoms with Crippen molar-refractivity contribution in [1.82, 2.24) is 0 Å². The van der Waals surface area contributed by atoms with E-state index in [1.165, 1.54) is 26.9 Å². The third kappa shape index (κ3) is 3.29. The number of benzene rings is 4. The van der Waals surface area contributed by atoms with Crippen molar-refractivity contribution in [3.05, 3.63) is 103 Å².